The average Bonchev–Trinajstić information content (AvgIpc) is 2.27. The van der Waals surface area contributed by atoms with Crippen molar-refractivity contribution >= 4 is 11.6 Å². The van der Waals surface area contributed by atoms with Crippen molar-refractivity contribution in [3.63, 3.8) is 0 Å². The van der Waals surface area contributed by atoms with Gasteiger partial charge in [-0.25, -0.2) is 4.98 Å². The van der Waals surface area contributed by atoms with Gasteiger partial charge in [-0.2, -0.15) is 0 Å². The van der Waals surface area contributed by atoms with Gasteiger partial charge in [0.05, 0.1) is 0 Å². The fraction of sp³-hybridized carbons (Fsp3) is 0.667. The van der Waals surface area contributed by atoms with Crippen LogP contribution in [0.4, 0.5) is 0 Å². The molecule has 0 bridgehead atoms. The SMILES string of the molecule is CCc1nc(Cl)cc(=O)n1CC(CC)CC. The highest BCUT2D eigenvalue weighted by Crippen LogP contribution is 2.12. The molecule has 0 fully saturated rings. The first kappa shape index (κ1) is 13.2. The van der Waals surface area contributed by atoms with Crippen molar-refractivity contribution in [1.82, 2.24) is 9.55 Å². The minimum absolute atomic E-state index is 0.0382. The molecular formula is C12H19ClN2O. The highest BCUT2D eigenvalue weighted by Gasteiger charge is 2.10. The quantitative estimate of drug-likeness (QED) is 0.745. The summed E-state index contributed by atoms with van der Waals surface area (Å²) < 4.78 is 1.75. The van der Waals surface area contributed by atoms with Gasteiger partial charge in [-0.15, -0.1) is 0 Å². The topological polar surface area (TPSA) is 34.9 Å². The summed E-state index contributed by atoms with van der Waals surface area (Å²) in [6.07, 6.45) is 2.89. The van der Waals surface area contributed by atoms with Gasteiger partial charge in [-0.3, -0.25) is 9.36 Å². The van der Waals surface area contributed by atoms with Gasteiger partial charge in [0.1, 0.15) is 11.0 Å². The molecule has 4 heteroatoms. The number of aryl methyl sites for hydroxylation is 1. The molecule has 3 nitrogen and oxygen atoms in total. The lowest BCUT2D eigenvalue weighted by Gasteiger charge is -2.16. The third kappa shape index (κ3) is 3.08. The Kier molecular flexibility index (Phi) is 5.00. The molecule has 0 atom stereocenters. The number of halogens is 1. The van der Waals surface area contributed by atoms with Crippen LogP contribution in [0.3, 0.4) is 0 Å². The van der Waals surface area contributed by atoms with Crippen LogP contribution in [0, 0.1) is 5.92 Å². The second kappa shape index (κ2) is 6.04. The molecule has 0 saturated heterocycles. The van der Waals surface area contributed by atoms with Gasteiger partial charge in [0.15, 0.2) is 0 Å². The number of aromatic nitrogens is 2. The standard InChI is InChI=1S/C12H19ClN2O/c1-4-9(5-2)8-15-11(6-3)14-10(13)7-12(15)16/h7,9H,4-6,8H2,1-3H3. The maximum absolute atomic E-state index is 11.8. The van der Waals surface area contributed by atoms with Crippen LogP contribution in [0.15, 0.2) is 10.9 Å². The average molecular weight is 243 g/mol. The second-order valence-electron chi connectivity index (χ2n) is 3.98. The molecular weight excluding hydrogens is 224 g/mol. The zero-order valence-corrected chi connectivity index (χ0v) is 10.9. The van der Waals surface area contributed by atoms with E-state index in [1.165, 1.54) is 6.07 Å². The van der Waals surface area contributed by atoms with E-state index in [4.69, 9.17) is 11.6 Å². The van der Waals surface area contributed by atoms with Gasteiger partial charge in [0.25, 0.3) is 5.56 Å². The summed E-state index contributed by atoms with van der Waals surface area (Å²) in [6, 6.07) is 1.39. The van der Waals surface area contributed by atoms with Crippen LogP contribution in [0.1, 0.15) is 39.4 Å². The highest BCUT2D eigenvalue weighted by atomic mass is 35.5. The fourth-order valence-electron chi connectivity index (χ4n) is 1.79. The number of rotatable bonds is 5. The Bertz CT molecular complexity index is 396. The van der Waals surface area contributed by atoms with E-state index in [0.29, 0.717) is 11.1 Å². The van der Waals surface area contributed by atoms with Gasteiger partial charge in [0.2, 0.25) is 0 Å². The van der Waals surface area contributed by atoms with Crippen LogP contribution in [0.2, 0.25) is 5.15 Å². The minimum Gasteiger partial charge on any atom is -0.296 e. The van der Waals surface area contributed by atoms with E-state index in [1.54, 1.807) is 4.57 Å². The van der Waals surface area contributed by atoms with Gasteiger partial charge < -0.3 is 0 Å². The lowest BCUT2D eigenvalue weighted by molar-refractivity contribution is 0.400. The van der Waals surface area contributed by atoms with E-state index in [2.05, 4.69) is 18.8 Å². The summed E-state index contributed by atoms with van der Waals surface area (Å²) in [5.74, 6) is 1.32. The first-order valence-corrected chi connectivity index (χ1v) is 6.26. The molecule has 0 aromatic carbocycles. The molecule has 0 unspecified atom stereocenters. The third-order valence-corrected chi connectivity index (χ3v) is 3.16. The Labute approximate surface area is 101 Å². The van der Waals surface area contributed by atoms with Crippen LogP contribution in [0.25, 0.3) is 0 Å². The Morgan fingerprint density at radius 2 is 2.00 bits per heavy atom. The van der Waals surface area contributed by atoms with E-state index in [9.17, 15) is 4.79 Å². The van der Waals surface area contributed by atoms with Crippen LogP contribution in [-0.2, 0) is 13.0 Å². The molecule has 1 aromatic rings. The van der Waals surface area contributed by atoms with Crippen LogP contribution in [0.5, 0.6) is 0 Å². The molecule has 0 N–H and O–H groups in total. The van der Waals surface area contributed by atoms with Gasteiger partial charge in [0, 0.05) is 19.0 Å². The normalized spacial score (nSPS) is 11.1. The molecule has 0 amide bonds. The van der Waals surface area contributed by atoms with Crippen LogP contribution >= 0.6 is 11.6 Å². The van der Waals surface area contributed by atoms with Gasteiger partial charge in [-0.1, -0.05) is 45.2 Å². The maximum Gasteiger partial charge on any atom is 0.254 e. The molecule has 0 aliphatic carbocycles. The monoisotopic (exact) mass is 242 g/mol. The lowest BCUT2D eigenvalue weighted by atomic mass is 10.0. The first-order chi connectivity index (χ1) is 7.62. The molecule has 0 spiro atoms. The smallest absolute Gasteiger partial charge is 0.254 e. The largest absolute Gasteiger partial charge is 0.296 e. The molecule has 1 aromatic heterocycles. The summed E-state index contributed by atoms with van der Waals surface area (Å²) in [7, 11) is 0. The lowest BCUT2D eigenvalue weighted by Crippen LogP contribution is -2.27. The van der Waals surface area contributed by atoms with Gasteiger partial charge in [-0.05, 0) is 5.92 Å². The van der Waals surface area contributed by atoms with Crippen molar-refractivity contribution < 1.29 is 0 Å². The summed E-state index contributed by atoms with van der Waals surface area (Å²) in [5.41, 5.74) is -0.0382. The zero-order valence-electron chi connectivity index (χ0n) is 10.2. The fourth-order valence-corrected chi connectivity index (χ4v) is 1.98. The van der Waals surface area contributed by atoms with Crippen LogP contribution in [-0.4, -0.2) is 9.55 Å². The maximum atomic E-state index is 11.8. The van der Waals surface area contributed by atoms with Crippen molar-refractivity contribution in [2.75, 3.05) is 0 Å². The molecule has 0 aliphatic rings. The summed E-state index contributed by atoms with van der Waals surface area (Å²) in [5, 5.41) is 0.294. The molecule has 0 saturated carbocycles. The van der Waals surface area contributed by atoms with Crippen molar-refractivity contribution in [2.24, 2.45) is 5.92 Å². The molecule has 90 valence electrons. The molecule has 16 heavy (non-hydrogen) atoms. The summed E-state index contributed by atoms with van der Waals surface area (Å²) in [6.45, 7) is 7.03. The van der Waals surface area contributed by atoms with E-state index in [1.807, 2.05) is 6.92 Å². The Balaban J connectivity index is 3.07. The van der Waals surface area contributed by atoms with Crippen LogP contribution < -0.4 is 5.56 Å². The zero-order chi connectivity index (χ0) is 12.1. The second-order valence-corrected chi connectivity index (χ2v) is 4.37. The Morgan fingerprint density at radius 1 is 1.38 bits per heavy atom. The minimum atomic E-state index is -0.0382. The third-order valence-electron chi connectivity index (χ3n) is 2.97. The Hall–Kier alpha value is -0.830. The van der Waals surface area contributed by atoms with E-state index >= 15 is 0 Å². The first-order valence-electron chi connectivity index (χ1n) is 5.88. The van der Waals surface area contributed by atoms with E-state index in [-0.39, 0.29) is 5.56 Å². The highest BCUT2D eigenvalue weighted by molar-refractivity contribution is 6.29. The molecule has 1 heterocycles. The predicted octanol–water partition coefficient (Wildman–Crippen LogP) is 2.90. The van der Waals surface area contributed by atoms with Crippen molar-refractivity contribution in [1.29, 1.82) is 0 Å². The number of hydrogen-bond donors (Lipinski definition) is 0. The number of nitrogens with zero attached hydrogens (tertiary/aromatic N) is 2. The predicted molar refractivity (Wildman–Crippen MR) is 67.0 cm³/mol. The molecule has 0 aliphatic heterocycles. The van der Waals surface area contributed by atoms with Crippen molar-refractivity contribution in [2.45, 2.75) is 46.6 Å². The summed E-state index contributed by atoms with van der Waals surface area (Å²) in [4.78, 5) is 16.0. The molecule has 0 radical (unpaired) electrons. The Morgan fingerprint density at radius 3 is 2.50 bits per heavy atom. The van der Waals surface area contributed by atoms with Crippen molar-refractivity contribution in [3.8, 4) is 0 Å². The van der Waals surface area contributed by atoms with Gasteiger partial charge >= 0.3 is 0 Å². The summed E-state index contributed by atoms with van der Waals surface area (Å²) >= 11 is 5.78. The number of hydrogen-bond acceptors (Lipinski definition) is 2. The molecule has 1 rings (SSSR count). The van der Waals surface area contributed by atoms with Crippen molar-refractivity contribution in [3.05, 3.63) is 27.4 Å². The van der Waals surface area contributed by atoms with E-state index < -0.39 is 0 Å². The van der Waals surface area contributed by atoms with E-state index in [0.717, 1.165) is 31.6 Å².